The smallest absolute Gasteiger partial charge is 0.408 e. The van der Waals surface area contributed by atoms with Crippen LogP contribution in [0.15, 0.2) is 35.4 Å². The largest absolute Gasteiger partial charge is 0.479 e. The summed E-state index contributed by atoms with van der Waals surface area (Å²) in [5.74, 6) is -3.09. The second-order valence-electron chi connectivity index (χ2n) is 9.35. The van der Waals surface area contributed by atoms with Gasteiger partial charge < -0.3 is 9.47 Å². The first-order valence-electron chi connectivity index (χ1n) is 12.3. The maximum absolute atomic E-state index is 15.0. The molecule has 38 heavy (non-hydrogen) atoms. The molecule has 1 unspecified atom stereocenters. The highest BCUT2D eigenvalue weighted by Crippen LogP contribution is 2.33. The van der Waals surface area contributed by atoms with Gasteiger partial charge in [-0.05, 0) is 30.2 Å². The van der Waals surface area contributed by atoms with Crippen LogP contribution in [0.4, 0.5) is 22.0 Å². The van der Waals surface area contributed by atoms with Crippen molar-refractivity contribution in [3.63, 3.8) is 0 Å². The lowest BCUT2D eigenvalue weighted by molar-refractivity contribution is -0.142. The monoisotopic (exact) mass is 539 g/mol. The van der Waals surface area contributed by atoms with E-state index in [9.17, 15) is 22.0 Å². The van der Waals surface area contributed by atoms with Crippen LogP contribution in [0.5, 0.6) is 5.88 Å². The fourth-order valence-electron chi connectivity index (χ4n) is 4.80. The van der Waals surface area contributed by atoms with Crippen molar-refractivity contribution < 1.29 is 32.8 Å². The van der Waals surface area contributed by atoms with Crippen molar-refractivity contribution in [1.29, 1.82) is 0 Å². The molecule has 2 fully saturated rings. The Morgan fingerprint density at radius 2 is 2.11 bits per heavy atom. The van der Waals surface area contributed by atoms with E-state index < -0.39 is 31.2 Å². The lowest BCUT2D eigenvalue weighted by Gasteiger charge is -2.43. The summed E-state index contributed by atoms with van der Waals surface area (Å²) in [6.45, 7) is -0.422. The Kier molecular flexibility index (Phi) is 5.58. The molecule has 4 aromatic rings. The molecule has 0 amide bonds. The second kappa shape index (κ2) is 9.01. The summed E-state index contributed by atoms with van der Waals surface area (Å²) in [6, 6.07) is 4.76. The van der Waals surface area contributed by atoms with Crippen LogP contribution >= 0.6 is 0 Å². The molecule has 1 aromatic carbocycles. The van der Waals surface area contributed by atoms with Crippen molar-refractivity contribution in [2.75, 3.05) is 33.4 Å². The Hall–Kier alpha value is -3.59. The minimum absolute atomic E-state index is 0.00962. The number of fused-ring (bicyclic) bond motifs is 2. The van der Waals surface area contributed by atoms with Crippen molar-refractivity contribution in [2.24, 2.45) is 4.99 Å². The number of alkyl halides is 5. The molecule has 2 aliphatic heterocycles. The highest BCUT2D eigenvalue weighted by Gasteiger charge is 2.47. The molecule has 1 atom stereocenters. The lowest BCUT2D eigenvalue weighted by Crippen LogP contribution is -2.59. The van der Waals surface area contributed by atoms with Gasteiger partial charge in [0.15, 0.2) is 0 Å². The maximum Gasteiger partial charge on any atom is 0.408 e. The van der Waals surface area contributed by atoms with Crippen molar-refractivity contribution in [3.05, 3.63) is 36.1 Å². The highest BCUT2D eigenvalue weighted by molar-refractivity contribution is 5.89. The standard InChI is InChI=1S/C23H23F5N8O2/c1-37-20-19-15(13-2-3-16-17(8-13)36(33-31-16)12-23(26,27)28)4-7-35(19)32-21(30-20)29-18-5-6-34(11-22(18,24)25)14-9-38-10-14/h2-4,7-8,14,18H,5-6,9-12H2,1H3,(H,29,32)/i7D. The Bertz CT molecular complexity index is 1610. The molecular weight excluding hydrogens is 515 g/mol. The highest BCUT2D eigenvalue weighted by atomic mass is 19.4. The predicted molar refractivity (Wildman–Crippen MR) is 124 cm³/mol. The van der Waals surface area contributed by atoms with E-state index in [2.05, 4.69) is 25.4 Å². The van der Waals surface area contributed by atoms with E-state index in [0.29, 0.717) is 36.4 Å². The Morgan fingerprint density at radius 1 is 1.29 bits per heavy atom. The maximum atomic E-state index is 15.0. The van der Waals surface area contributed by atoms with Gasteiger partial charge in [0.25, 0.3) is 5.92 Å². The molecule has 0 spiro atoms. The Morgan fingerprint density at radius 3 is 2.79 bits per heavy atom. The Balaban J connectivity index is 1.39. The van der Waals surface area contributed by atoms with Crippen LogP contribution in [0.1, 0.15) is 7.79 Å². The molecule has 0 bridgehead atoms. The number of aromatic nitrogens is 6. The molecule has 2 saturated heterocycles. The van der Waals surface area contributed by atoms with Crippen LogP contribution in [-0.2, 0) is 11.3 Å². The van der Waals surface area contributed by atoms with Gasteiger partial charge in [0.1, 0.15) is 23.6 Å². The molecule has 0 radical (unpaired) electrons. The van der Waals surface area contributed by atoms with E-state index in [1.54, 1.807) is 11.0 Å². The summed E-state index contributed by atoms with van der Waals surface area (Å²) in [5, 5.41) is 10.2. The first-order chi connectivity index (χ1) is 18.5. The molecule has 3 aromatic heterocycles. The first-order valence-corrected chi connectivity index (χ1v) is 11.8. The number of piperidine rings is 1. The van der Waals surface area contributed by atoms with Crippen molar-refractivity contribution in [1.82, 2.24) is 34.5 Å². The van der Waals surface area contributed by atoms with E-state index in [1.807, 2.05) is 0 Å². The normalized spacial score (nSPS) is 21.7. The fourth-order valence-corrected chi connectivity index (χ4v) is 4.80. The first kappa shape index (κ1) is 23.5. The molecule has 1 N–H and O–H groups in total. The SMILES string of the molecule is [2H]c1cc(-c2ccc3nnn(CC(F)(F)F)c3c2)c2c(OC)nc(=NC3CCN(C4COC4)CC3(F)F)[nH]n12. The van der Waals surface area contributed by atoms with Gasteiger partial charge in [-0.2, -0.15) is 18.2 Å². The van der Waals surface area contributed by atoms with Gasteiger partial charge in [0.05, 0.1) is 39.8 Å². The van der Waals surface area contributed by atoms with Gasteiger partial charge in [-0.15, -0.1) is 5.10 Å². The number of aromatic amines is 1. The molecular formula is C23H23F5N8O2. The molecule has 10 nitrogen and oxygen atoms in total. The summed E-state index contributed by atoms with van der Waals surface area (Å²) >= 11 is 0. The van der Waals surface area contributed by atoms with Gasteiger partial charge in [0.2, 0.25) is 11.5 Å². The van der Waals surface area contributed by atoms with Crippen LogP contribution in [0, 0.1) is 0 Å². The third kappa shape index (κ3) is 4.49. The van der Waals surface area contributed by atoms with Crippen LogP contribution in [-0.4, -0.2) is 92.1 Å². The van der Waals surface area contributed by atoms with Crippen LogP contribution < -0.4 is 10.4 Å². The predicted octanol–water partition coefficient (Wildman–Crippen LogP) is 2.65. The number of nitrogens with zero attached hydrogens (tertiary/aromatic N) is 7. The third-order valence-corrected chi connectivity index (χ3v) is 6.79. The second-order valence-corrected chi connectivity index (χ2v) is 9.35. The van der Waals surface area contributed by atoms with Crippen LogP contribution in [0.2, 0.25) is 0 Å². The summed E-state index contributed by atoms with van der Waals surface area (Å²) in [5.41, 5.74) is 1.47. The molecule has 5 heterocycles. The van der Waals surface area contributed by atoms with Crippen molar-refractivity contribution >= 4 is 16.6 Å². The van der Waals surface area contributed by atoms with Crippen molar-refractivity contribution in [3.8, 4) is 17.0 Å². The summed E-state index contributed by atoms with van der Waals surface area (Å²) < 4.78 is 90.0. The number of likely N-dealkylation sites (tertiary alicyclic amines) is 1. The quantitative estimate of drug-likeness (QED) is 0.392. The minimum Gasteiger partial charge on any atom is -0.479 e. The molecule has 15 heteroatoms. The number of ether oxygens (including phenoxy) is 2. The van der Waals surface area contributed by atoms with E-state index >= 15 is 0 Å². The van der Waals surface area contributed by atoms with Gasteiger partial charge in [-0.25, -0.2) is 18.5 Å². The van der Waals surface area contributed by atoms with E-state index in [1.165, 1.54) is 29.8 Å². The number of nitrogens with one attached hydrogen (secondary N) is 1. The topological polar surface area (TPSA) is 97.9 Å². The number of H-pyrrole nitrogens is 1. The van der Waals surface area contributed by atoms with Gasteiger partial charge in [-0.3, -0.25) is 14.5 Å². The third-order valence-electron chi connectivity index (χ3n) is 6.79. The Labute approximate surface area is 213 Å². The summed E-state index contributed by atoms with van der Waals surface area (Å²) in [6.07, 6.45) is -4.44. The molecule has 6 rings (SSSR count). The zero-order valence-electron chi connectivity index (χ0n) is 21.0. The van der Waals surface area contributed by atoms with Gasteiger partial charge in [0, 0.05) is 18.3 Å². The average molecular weight is 539 g/mol. The molecule has 0 saturated carbocycles. The number of hydrogen-bond acceptors (Lipinski definition) is 7. The number of halogens is 5. The van der Waals surface area contributed by atoms with Crippen LogP contribution in [0.25, 0.3) is 27.7 Å². The van der Waals surface area contributed by atoms with E-state index in [4.69, 9.17) is 10.8 Å². The number of hydrogen-bond donors (Lipinski definition) is 1. The van der Waals surface area contributed by atoms with Crippen LogP contribution in [0.3, 0.4) is 0 Å². The van der Waals surface area contributed by atoms with Gasteiger partial charge in [-0.1, -0.05) is 11.3 Å². The van der Waals surface area contributed by atoms with E-state index in [-0.39, 0.29) is 41.2 Å². The van der Waals surface area contributed by atoms with E-state index in [0.717, 1.165) is 4.68 Å². The number of rotatable bonds is 5. The number of methoxy groups -OCH3 is 1. The average Bonchev–Trinajstić information content (AvgIpc) is 3.38. The fraction of sp³-hybridized carbons (Fsp3) is 0.478. The summed E-state index contributed by atoms with van der Waals surface area (Å²) in [4.78, 5) is 10.2. The summed E-state index contributed by atoms with van der Waals surface area (Å²) in [7, 11) is 1.34. The zero-order chi connectivity index (χ0) is 27.5. The lowest BCUT2D eigenvalue weighted by atomic mass is 9.99. The molecule has 0 aliphatic carbocycles. The minimum atomic E-state index is -4.49. The molecule has 2 aliphatic rings. The number of benzene rings is 1. The zero-order valence-corrected chi connectivity index (χ0v) is 20.0. The molecule has 202 valence electrons. The van der Waals surface area contributed by atoms with Crippen molar-refractivity contribution in [2.45, 2.75) is 37.1 Å². The van der Waals surface area contributed by atoms with Gasteiger partial charge >= 0.3 is 6.18 Å².